The van der Waals surface area contributed by atoms with Crippen molar-refractivity contribution in [1.82, 2.24) is 4.90 Å². The fourth-order valence-corrected chi connectivity index (χ4v) is 6.06. The Kier molecular flexibility index (Phi) is 6.84. The SMILES string of the molecule is CC1(C)CCc2cc(NC(=O)[C@H]3c4ccc(N5CC(F)(F)C5)cc4CCN3C(=O)CCCC(=O)O)cc(F)c21. The number of alkyl halides is 2. The van der Waals surface area contributed by atoms with Gasteiger partial charge in [0.25, 0.3) is 11.8 Å². The van der Waals surface area contributed by atoms with Gasteiger partial charge in [0.1, 0.15) is 11.9 Å². The summed E-state index contributed by atoms with van der Waals surface area (Å²) < 4.78 is 41.9. The summed E-state index contributed by atoms with van der Waals surface area (Å²) in [4.78, 5) is 40.8. The van der Waals surface area contributed by atoms with Gasteiger partial charge in [0.05, 0.1) is 13.1 Å². The Morgan fingerprint density at radius 2 is 1.79 bits per heavy atom. The number of nitrogens with zero attached hydrogens (tertiary/aromatic N) is 2. The van der Waals surface area contributed by atoms with Crippen LogP contribution in [0, 0.1) is 5.82 Å². The molecule has 0 unspecified atom stereocenters. The first-order valence-electron chi connectivity index (χ1n) is 13.3. The summed E-state index contributed by atoms with van der Waals surface area (Å²) in [6.07, 6.45) is 1.86. The second-order valence-electron chi connectivity index (χ2n) is 11.4. The molecule has 1 aliphatic carbocycles. The summed E-state index contributed by atoms with van der Waals surface area (Å²) >= 11 is 0. The molecule has 1 atom stereocenters. The topological polar surface area (TPSA) is 90.0 Å². The van der Waals surface area contributed by atoms with E-state index in [0.717, 1.165) is 17.5 Å². The second kappa shape index (κ2) is 9.88. The molecule has 2 amide bonds. The fraction of sp³-hybridized carbons (Fsp3) is 0.483. The minimum atomic E-state index is -2.72. The van der Waals surface area contributed by atoms with Crippen LogP contribution in [0.1, 0.15) is 67.8 Å². The summed E-state index contributed by atoms with van der Waals surface area (Å²) in [7, 11) is 0. The lowest BCUT2D eigenvalue weighted by atomic mass is 9.86. The number of nitrogens with one attached hydrogen (secondary N) is 1. The van der Waals surface area contributed by atoms with Gasteiger partial charge in [-0.25, -0.2) is 13.2 Å². The van der Waals surface area contributed by atoms with Gasteiger partial charge < -0.3 is 20.2 Å². The van der Waals surface area contributed by atoms with Gasteiger partial charge >= 0.3 is 5.97 Å². The Morgan fingerprint density at radius 3 is 2.49 bits per heavy atom. The van der Waals surface area contributed by atoms with Crippen molar-refractivity contribution in [1.29, 1.82) is 0 Å². The molecule has 2 heterocycles. The molecule has 5 rings (SSSR count). The van der Waals surface area contributed by atoms with Crippen LogP contribution in [0.5, 0.6) is 0 Å². The summed E-state index contributed by atoms with van der Waals surface area (Å²) in [5.74, 6) is -4.98. The zero-order valence-corrected chi connectivity index (χ0v) is 22.0. The van der Waals surface area contributed by atoms with Gasteiger partial charge in [-0.15, -0.1) is 0 Å². The highest BCUT2D eigenvalue weighted by Crippen LogP contribution is 2.42. The number of carboxylic acids is 1. The maximum absolute atomic E-state index is 15.1. The zero-order chi connectivity index (χ0) is 28.1. The molecule has 7 nitrogen and oxygen atoms in total. The number of halogens is 3. The molecule has 3 aliphatic rings. The number of rotatable bonds is 7. The highest BCUT2D eigenvalue weighted by molar-refractivity contribution is 5.98. The Bertz CT molecular complexity index is 1340. The maximum atomic E-state index is 15.1. The molecule has 0 radical (unpaired) electrons. The van der Waals surface area contributed by atoms with Crippen LogP contribution in [0.15, 0.2) is 30.3 Å². The van der Waals surface area contributed by atoms with Gasteiger partial charge in [-0.05, 0) is 77.6 Å². The first-order valence-corrected chi connectivity index (χ1v) is 13.3. The van der Waals surface area contributed by atoms with E-state index in [-0.39, 0.29) is 56.0 Å². The summed E-state index contributed by atoms with van der Waals surface area (Å²) in [6.45, 7) is 3.45. The van der Waals surface area contributed by atoms with Crippen LogP contribution in [0.2, 0.25) is 0 Å². The third-order valence-corrected chi connectivity index (χ3v) is 8.05. The molecular formula is C29H32F3N3O4. The number of benzene rings is 2. The molecule has 2 aliphatic heterocycles. The van der Waals surface area contributed by atoms with Crippen molar-refractivity contribution < 1.29 is 32.7 Å². The third-order valence-electron chi connectivity index (χ3n) is 8.05. The molecule has 0 spiro atoms. The van der Waals surface area contributed by atoms with E-state index < -0.39 is 23.8 Å². The van der Waals surface area contributed by atoms with Gasteiger partial charge in [-0.1, -0.05) is 19.9 Å². The van der Waals surface area contributed by atoms with Crippen molar-refractivity contribution in [2.45, 2.75) is 69.8 Å². The lowest BCUT2D eigenvalue weighted by molar-refractivity contribution is -0.140. The van der Waals surface area contributed by atoms with Gasteiger partial charge in [0.15, 0.2) is 0 Å². The number of hydrogen-bond acceptors (Lipinski definition) is 4. The van der Waals surface area contributed by atoms with Crippen molar-refractivity contribution >= 4 is 29.2 Å². The number of aryl methyl sites for hydroxylation is 1. The number of anilines is 2. The van der Waals surface area contributed by atoms with E-state index in [1.165, 1.54) is 11.0 Å². The zero-order valence-electron chi connectivity index (χ0n) is 22.0. The number of aliphatic carboxylic acids is 1. The number of amides is 2. The molecule has 208 valence electrons. The van der Waals surface area contributed by atoms with Crippen LogP contribution < -0.4 is 10.2 Å². The molecule has 39 heavy (non-hydrogen) atoms. The predicted octanol–water partition coefficient (Wildman–Crippen LogP) is 4.82. The molecule has 1 fully saturated rings. The van der Waals surface area contributed by atoms with Gasteiger partial charge in [0.2, 0.25) is 5.91 Å². The predicted molar refractivity (Wildman–Crippen MR) is 140 cm³/mol. The molecule has 0 saturated carbocycles. The van der Waals surface area contributed by atoms with E-state index in [9.17, 15) is 23.2 Å². The van der Waals surface area contributed by atoms with Crippen LogP contribution in [-0.4, -0.2) is 53.3 Å². The first-order chi connectivity index (χ1) is 18.3. The van der Waals surface area contributed by atoms with Crippen LogP contribution in [-0.2, 0) is 32.6 Å². The van der Waals surface area contributed by atoms with E-state index in [1.807, 2.05) is 13.8 Å². The molecule has 2 aromatic carbocycles. The third kappa shape index (κ3) is 5.33. The standard InChI is InChI=1S/C29H32F3N3O4/c1-28(2)10-8-18-12-19(14-22(30)25(18)28)33-27(39)26-21-7-6-20(34-15-29(31,32)16-34)13-17(21)9-11-35(26)23(36)4-3-5-24(37)38/h6-7,12-14,26H,3-5,8-11,15-16H2,1-2H3,(H,33,39)(H,37,38)/t26-/m1/s1. The van der Waals surface area contributed by atoms with Crippen LogP contribution in [0.4, 0.5) is 24.5 Å². The van der Waals surface area contributed by atoms with Crippen molar-refractivity contribution in [3.63, 3.8) is 0 Å². The first kappa shape index (κ1) is 27.0. The molecule has 0 bridgehead atoms. The van der Waals surface area contributed by atoms with E-state index >= 15 is 4.39 Å². The molecule has 2 aromatic rings. The number of carboxylic acid groups (broad SMARTS) is 1. The molecule has 2 N–H and O–H groups in total. The number of carbonyl (C=O) groups is 3. The second-order valence-corrected chi connectivity index (χ2v) is 11.4. The Morgan fingerprint density at radius 1 is 1.05 bits per heavy atom. The molecule has 0 aromatic heterocycles. The minimum absolute atomic E-state index is 0.0328. The highest BCUT2D eigenvalue weighted by atomic mass is 19.3. The summed E-state index contributed by atoms with van der Waals surface area (Å²) in [5.41, 5.74) is 3.49. The van der Waals surface area contributed by atoms with Crippen LogP contribution >= 0.6 is 0 Å². The van der Waals surface area contributed by atoms with Gasteiger partial charge in [-0.3, -0.25) is 14.4 Å². The average Bonchev–Trinajstić information content (AvgIpc) is 3.15. The molecule has 1 saturated heterocycles. The summed E-state index contributed by atoms with van der Waals surface area (Å²) in [5, 5.41) is 11.8. The van der Waals surface area contributed by atoms with Gasteiger partial charge in [-0.2, -0.15) is 0 Å². The van der Waals surface area contributed by atoms with Crippen molar-refractivity contribution in [3.05, 3.63) is 58.4 Å². The Hall–Kier alpha value is -3.56. The minimum Gasteiger partial charge on any atom is -0.481 e. The average molecular weight is 544 g/mol. The monoisotopic (exact) mass is 543 g/mol. The lowest BCUT2D eigenvalue weighted by Crippen LogP contribution is -2.56. The summed E-state index contributed by atoms with van der Waals surface area (Å²) in [6, 6.07) is 7.21. The number of carbonyl (C=O) groups excluding carboxylic acids is 2. The number of fused-ring (bicyclic) bond motifs is 2. The Labute approximate surface area is 225 Å². The molecule has 10 heteroatoms. The number of hydrogen-bond donors (Lipinski definition) is 2. The quantitative estimate of drug-likeness (QED) is 0.523. The van der Waals surface area contributed by atoms with Crippen molar-refractivity contribution in [2.24, 2.45) is 0 Å². The normalized spacial score (nSPS) is 20.6. The van der Waals surface area contributed by atoms with E-state index in [0.29, 0.717) is 35.3 Å². The van der Waals surface area contributed by atoms with Gasteiger partial charge in [0, 0.05) is 30.8 Å². The van der Waals surface area contributed by atoms with Crippen molar-refractivity contribution in [3.8, 4) is 0 Å². The van der Waals surface area contributed by atoms with Crippen LogP contribution in [0.25, 0.3) is 0 Å². The van der Waals surface area contributed by atoms with E-state index in [1.54, 1.807) is 29.2 Å². The smallest absolute Gasteiger partial charge is 0.303 e. The largest absolute Gasteiger partial charge is 0.481 e. The lowest BCUT2D eigenvalue weighted by Gasteiger charge is -2.42. The Balaban J connectivity index is 1.43. The van der Waals surface area contributed by atoms with Crippen LogP contribution in [0.3, 0.4) is 0 Å². The fourth-order valence-electron chi connectivity index (χ4n) is 6.06. The highest BCUT2D eigenvalue weighted by Gasteiger charge is 2.44. The molecular weight excluding hydrogens is 511 g/mol. The van der Waals surface area contributed by atoms with E-state index in [2.05, 4.69) is 5.32 Å². The van der Waals surface area contributed by atoms with Crippen molar-refractivity contribution in [2.75, 3.05) is 29.9 Å². The maximum Gasteiger partial charge on any atom is 0.303 e. The van der Waals surface area contributed by atoms with E-state index in [4.69, 9.17) is 5.11 Å².